The van der Waals surface area contributed by atoms with Gasteiger partial charge in [0.1, 0.15) is 0 Å². The Morgan fingerprint density at radius 1 is 1.24 bits per heavy atom. The molecule has 0 fully saturated rings. The highest BCUT2D eigenvalue weighted by atomic mass is 16.1. The summed E-state index contributed by atoms with van der Waals surface area (Å²) in [5, 5.41) is 2.40. The summed E-state index contributed by atoms with van der Waals surface area (Å²) in [6, 6.07) is 12.3. The van der Waals surface area contributed by atoms with Gasteiger partial charge in [-0.15, -0.1) is 0 Å². The van der Waals surface area contributed by atoms with E-state index < -0.39 is 5.41 Å². The Hall–Kier alpha value is -1.83. The van der Waals surface area contributed by atoms with Crippen LogP contribution in [-0.2, 0) is 10.2 Å². The molecule has 0 spiro atoms. The van der Waals surface area contributed by atoms with E-state index >= 15 is 0 Å². The van der Waals surface area contributed by atoms with E-state index in [9.17, 15) is 4.79 Å². The SMILES string of the molecule is C[C@H]1c2cccc3cccc(c23)[C@]1(C)C(N)=O. The largest absolute Gasteiger partial charge is 0.369 e. The molecule has 0 bridgehead atoms. The van der Waals surface area contributed by atoms with Crippen LogP contribution in [0.2, 0.25) is 0 Å². The Morgan fingerprint density at radius 2 is 1.88 bits per heavy atom. The van der Waals surface area contributed by atoms with Crippen LogP contribution in [0.15, 0.2) is 36.4 Å². The number of carbonyl (C=O) groups excluding carboxylic acids is 1. The molecule has 1 aliphatic rings. The Balaban J connectivity index is 2.46. The lowest BCUT2D eigenvalue weighted by atomic mass is 9.75. The molecule has 0 aromatic heterocycles. The van der Waals surface area contributed by atoms with Gasteiger partial charge in [0.25, 0.3) is 0 Å². The van der Waals surface area contributed by atoms with Gasteiger partial charge in [0.2, 0.25) is 5.91 Å². The maximum atomic E-state index is 11.9. The first-order valence-corrected chi connectivity index (χ1v) is 5.89. The molecule has 2 heteroatoms. The summed E-state index contributed by atoms with van der Waals surface area (Å²) >= 11 is 0. The average molecular weight is 225 g/mol. The third kappa shape index (κ3) is 1.08. The first kappa shape index (κ1) is 10.3. The highest BCUT2D eigenvalue weighted by molar-refractivity contribution is 6.01. The molecule has 0 aliphatic heterocycles. The van der Waals surface area contributed by atoms with E-state index in [1.165, 1.54) is 16.3 Å². The predicted octanol–water partition coefficient (Wildman–Crippen LogP) is 2.70. The second-order valence-corrected chi connectivity index (χ2v) is 5.04. The normalized spacial score (nSPS) is 26.4. The minimum absolute atomic E-state index is 0.140. The van der Waals surface area contributed by atoms with Crippen molar-refractivity contribution in [3.8, 4) is 0 Å². The van der Waals surface area contributed by atoms with Gasteiger partial charge < -0.3 is 5.73 Å². The molecule has 86 valence electrons. The van der Waals surface area contributed by atoms with Gasteiger partial charge >= 0.3 is 0 Å². The zero-order chi connectivity index (χ0) is 12.2. The molecule has 0 saturated heterocycles. The number of hydrogen-bond donors (Lipinski definition) is 1. The monoisotopic (exact) mass is 225 g/mol. The first-order valence-electron chi connectivity index (χ1n) is 5.89. The molecule has 2 nitrogen and oxygen atoms in total. The molecule has 1 aliphatic carbocycles. The van der Waals surface area contributed by atoms with Crippen LogP contribution in [0.4, 0.5) is 0 Å². The molecule has 1 amide bonds. The van der Waals surface area contributed by atoms with Gasteiger partial charge in [-0.2, -0.15) is 0 Å². The number of hydrogen-bond acceptors (Lipinski definition) is 1. The maximum Gasteiger partial charge on any atom is 0.228 e. The minimum Gasteiger partial charge on any atom is -0.369 e. The standard InChI is InChI=1S/C15H15NO/c1-9-11-7-3-5-10-6-4-8-12(13(10)11)15(9,2)14(16)17/h3-9H,1-2H3,(H2,16,17)/t9-,15+/m0/s1. The fraction of sp³-hybridized carbons (Fsp3) is 0.267. The number of benzene rings is 2. The van der Waals surface area contributed by atoms with E-state index in [0.717, 1.165) is 5.56 Å². The van der Waals surface area contributed by atoms with Gasteiger partial charge in [-0.3, -0.25) is 4.79 Å². The lowest BCUT2D eigenvalue weighted by molar-refractivity contribution is -0.123. The Labute approximate surface area is 100 Å². The van der Waals surface area contributed by atoms with Gasteiger partial charge in [0, 0.05) is 0 Å². The van der Waals surface area contributed by atoms with E-state index in [0.29, 0.717) is 0 Å². The summed E-state index contributed by atoms with van der Waals surface area (Å²) in [4.78, 5) is 11.9. The van der Waals surface area contributed by atoms with Crippen LogP contribution in [0.25, 0.3) is 10.8 Å². The van der Waals surface area contributed by atoms with Gasteiger partial charge in [-0.1, -0.05) is 43.3 Å². The number of amides is 1. The van der Waals surface area contributed by atoms with Gasteiger partial charge in [0.15, 0.2) is 0 Å². The van der Waals surface area contributed by atoms with Crippen molar-refractivity contribution in [3.05, 3.63) is 47.5 Å². The fourth-order valence-corrected chi connectivity index (χ4v) is 3.05. The Kier molecular flexibility index (Phi) is 1.88. The van der Waals surface area contributed by atoms with Crippen molar-refractivity contribution >= 4 is 16.7 Å². The van der Waals surface area contributed by atoms with Crippen molar-refractivity contribution in [2.45, 2.75) is 25.2 Å². The summed E-state index contributed by atoms with van der Waals surface area (Å²) in [6.07, 6.45) is 0. The average Bonchev–Trinajstić information content (AvgIpc) is 2.56. The topological polar surface area (TPSA) is 43.1 Å². The molecule has 0 saturated carbocycles. The zero-order valence-electron chi connectivity index (χ0n) is 10.0. The van der Waals surface area contributed by atoms with E-state index in [1.54, 1.807) is 0 Å². The highest BCUT2D eigenvalue weighted by Crippen LogP contribution is 2.50. The highest BCUT2D eigenvalue weighted by Gasteiger charge is 2.46. The van der Waals surface area contributed by atoms with Crippen LogP contribution in [-0.4, -0.2) is 5.91 Å². The lowest BCUT2D eigenvalue weighted by Gasteiger charge is -2.27. The third-order valence-electron chi connectivity index (χ3n) is 4.34. The number of rotatable bonds is 1. The van der Waals surface area contributed by atoms with Crippen molar-refractivity contribution in [1.82, 2.24) is 0 Å². The van der Waals surface area contributed by atoms with E-state index in [4.69, 9.17) is 5.73 Å². The summed E-state index contributed by atoms with van der Waals surface area (Å²) in [5.74, 6) is -0.102. The first-order chi connectivity index (χ1) is 8.06. The van der Waals surface area contributed by atoms with Crippen LogP contribution in [0.1, 0.15) is 30.9 Å². The quantitative estimate of drug-likeness (QED) is 0.796. The van der Waals surface area contributed by atoms with Gasteiger partial charge in [0.05, 0.1) is 5.41 Å². The van der Waals surface area contributed by atoms with Gasteiger partial charge in [-0.25, -0.2) is 0 Å². The molecule has 17 heavy (non-hydrogen) atoms. The van der Waals surface area contributed by atoms with E-state index in [1.807, 2.05) is 25.1 Å². The molecular weight excluding hydrogens is 210 g/mol. The Bertz CT molecular complexity index is 627. The number of nitrogens with two attached hydrogens (primary N) is 1. The van der Waals surface area contributed by atoms with Crippen molar-refractivity contribution < 1.29 is 4.79 Å². The van der Waals surface area contributed by atoms with Crippen molar-refractivity contribution in [1.29, 1.82) is 0 Å². The van der Waals surface area contributed by atoms with Crippen LogP contribution < -0.4 is 5.73 Å². The summed E-state index contributed by atoms with van der Waals surface area (Å²) in [7, 11) is 0. The molecule has 0 radical (unpaired) electrons. The number of carbonyl (C=O) groups is 1. The molecule has 2 aromatic rings. The van der Waals surface area contributed by atoms with Crippen LogP contribution >= 0.6 is 0 Å². The molecular formula is C15H15NO. The van der Waals surface area contributed by atoms with Crippen LogP contribution in [0.3, 0.4) is 0 Å². The molecule has 3 rings (SSSR count). The number of primary amides is 1. The molecule has 2 aromatic carbocycles. The molecule has 0 unspecified atom stereocenters. The fourth-order valence-electron chi connectivity index (χ4n) is 3.05. The Morgan fingerprint density at radius 3 is 2.53 bits per heavy atom. The molecule has 2 N–H and O–H groups in total. The van der Waals surface area contributed by atoms with Crippen molar-refractivity contribution in [2.24, 2.45) is 5.73 Å². The zero-order valence-corrected chi connectivity index (χ0v) is 10.0. The predicted molar refractivity (Wildman–Crippen MR) is 68.9 cm³/mol. The summed E-state index contributed by atoms with van der Waals surface area (Å²) < 4.78 is 0. The van der Waals surface area contributed by atoms with Gasteiger partial charge in [-0.05, 0) is 34.7 Å². The lowest BCUT2D eigenvalue weighted by Crippen LogP contribution is -2.40. The summed E-state index contributed by atoms with van der Waals surface area (Å²) in [5.41, 5.74) is 7.37. The smallest absolute Gasteiger partial charge is 0.228 e. The van der Waals surface area contributed by atoms with Crippen molar-refractivity contribution in [3.63, 3.8) is 0 Å². The minimum atomic E-state index is -0.580. The van der Waals surface area contributed by atoms with E-state index in [-0.39, 0.29) is 11.8 Å². The van der Waals surface area contributed by atoms with E-state index in [2.05, 4.69) is 25.1 Å². The maximum absolute atomic E-state index is 11.9. The molecule has 2 atom stereocenters. The second kappa shape index (κ2) is 3.10. The van der Waals surface area contributed by atoms with Crippen molar-refractivity contribution in [2.75, 3.05) is 0 Å². The second-order valence-electron chi connectivity index (χ2n) is 5.04. The van der Waals surface area contributed by atoms with Crippen LogP contribution in [0.5, 0.6) is 0 Å². The molecule has 0 heterocycles. The summed E-state index contributed by atoms with van der Waals surface area (Å²) in [6.45, 7) is 4.04. The third-order valence-corrected chi connectivity index (χ3v) is 4.34. The van der Waals surface area contributed by atoms with Crippen LogP contribution in [0, 0.1) is 0 Å².